The Hall–Kier alpha value is -1.33. The fourth-order valence-corrected chi connectivity index (χ4v) is 2.73. The second kappa shape index (κ2) is 6.41. The van der Waals surface area contributed by atoms with Crippen molar-refractivity contribution in [2.45, 2.75) is 26.6 Å². The van der Waals surface area contributed by atoms with Gasteiger partial charge in [-0.25, -0.2) is 4.79 Å². The number of ether oxygens (including phenoxy) is 3. The summed E-state index contributed by atoms with van der Waals surface area (Å²) in [6.07, 6.45) is 3.67. The van der Waals surface area contributed by atoms with Crippen LogP contribution < -0.4 is 0 Å². The van der Waals surface area contributed by atoms with Crippen molar-refractivity contribution in [1.82, 2.24) is 0 Å². The summed E-state index contributed by atoms with van der Waals surface area (Å²) in [5, 5.41) is 9.47. The van der Waals surface area contributed by atoms with Gasteiger partial charge >= 0.3 is 5.97 Å². The van der Waals surface area contributed by atoms with E-state index in [9.17, 15) is 9.90 Å². The van der Waals surface area contributed by atoms with Gasteiger partial charge in [0.15, 0.2) is 0 Å². The first kappa shape index (κ1) is 15.1. The minimum absolute atomic E-state index is 0.0319. The summed E-state index contributed by atoms with van der Waals surface area (Å²) in [6.45, 7) is 4.66. The van der Waals surface area contributed by atoms with Gasteiger partial charge in [-0.3, -0.25) is 0 Å². The van der Waals surface area contributed by atoms with Crippen LogP contribution in [0.1, 0.15) is 20.3 Å². The number of carbonyl (C=O) groups is 1. The van der Waals surface area contributed by atoms with Crippen LogP contribution >= 0.6 is 0 Å². The maximum atomic E-state index is 11.8. The third kappa shape index (κ3) is 2.88. The fourth-order valence-electron chi connectivity index (χ4n) is 2.73. The van der Waals surface area contributed by atoms with E-state index in [4.69, 9.17) is 14.2 Å². The van der Waals surface area contributed by atoms with Crippen LogP contribution in [-0.2, 0) is 19.0 Å². The van der Waals surface area contributed by atoms with Crippen molar-refractivity contribution in [1.29, 1.82) is 0 Å². The van der Waals surface area contributed by atoms with Gasteiger partial charge in [-0.1, -0.05) is 19.9 Å². The van der Waals surface area contributed by atoms with E-state index in [2.05, 4.69) is 13.8 Å². The second-order valence-electron chi connectivity index (χ2n) is 5.60. The number of aliphatic hydroxyl groups is 1. The summed E-state index contributed by atoms with van der Waals surface area (Å²) < 4.78 is 16.1. The van der Waals surface area contributed by atoms with Crippen molar-refractivity contribution in [3.05, 3.63) is 23.5 Å². The summed E-state index contributed by atoms with van der Waals surface area (Å²) in [4.78, 5) is 11.8. The highest BCUT2D eigenvalue weighted by Gasteiger charge is 2.44. The molecule has 112 valence electrons. The molecule has 1 heterocycles. The van der Waals surface area contributed by atoms with Crippen LogP contribution in [0.5, 0.6) is 0 Å². The number of aliphatic hydroxyl groups excluding tert-OH is 1. The highest BCUT2D eigenvalue weighted by atomic mass is 16.7. The smallest absolute Gasteiger partial charge is 0.337 e. The number of rotatable bonds is 5. The molecular weight excluding hydrogens is 260 g/mol. The van der Waals surface area contributed by atoms with Gasteiger partial charge in [0, 0.05) is 5.92 Å². The molecule has 0 fully saturated rings. The number of fused-ring (bicyclic) bond motifs is 1. The first-order chi connectivity index (χ1) is 9.58. The largest absolute Gasteiger partial charge is 0.471 e. The summed E-state index contributed by atoms with van der Waals surface area (Å²) in [5.74, 6) is -0.130. The van der Waals surface area contributed by atoms with Crippen molar-refractivity contribution >= 4 is 5.97 Å². The molecule has 0 bridgehead atoms. The molecular formula is C15H22O5. The molecule has 5 heteroatoms. The third-order valence-corrected chi connectivity index (χ3v) is 3.71. The van der Waals surface area contributed by atoms with Crippen molar-refractivity contribution in [2.24, 2.45) is 17.8 Å². The molecule has 0 saturated heterocycles. The topological polar surface area (TPSA) is 65.0 Å². The number of hydrogen-bond donors (Lipinski definition) is 1. The Morgan fingerprint density at radius 3 is 2.90 bits per heavy atom. The summed E-state index contributed by atoms with van der Waals surface area (Å²) in [5.41, 5.74) is 1.39. The Balaban J connectivity index is 2.18. The van der Waals surface area contributed by atoms with Gasteiger partial charge in [0.1, 0.15) is 0 Å². The lowest BCUT2D eigenvalue weighted by Crippen LogP contribution is -2.38. The average Bonchev–Trinajstić information content (AvgIpc) is 2.88. The van der Waals surface area contributed by atoms with Gasteiger partial charge in [0.2, 0.25) is 6.29 Å². The molecule has 2 rings (SSSR count). The lowest BCUT2D eigenvalue weighted by molar-refractivity contribution is -0.160. The number of hydrogen-bond acceptors (Lipinski definition) is 5. The zero-order chi connectivity index (χ0) is 14.7. The average molecular weight is 282 g/mol. The normalized spacial score (nSPS) is 28.6. The third-order valence-electron chi connectivity index (χ3n) is 3.71. The molecule has 5 nitrogen and oxygen atoms in total. The highest BCUT2D eigenvalue weighted by Crippen LogP contribution is 2.43. The lowest BCUT2D eigenvalue weighted by atomic mass is 9.83. The van der Waals surface area contributed by atoms with Gasteiger partial charge in [-0.15, -0.1) is 0 Å². The Labute approximate surface area is 119 Å². The van der Waals surface area contributed by atoms with Crippen molar-refractivity contribution in [3.8, 4) is 0 Å². The zero-order valence-electron chi connectivity index (χ0n) is 12.2. The SMILES string of the molecule is COC(=O)C1=CO[C@@H](OCC(C)C)C2C(CO)=CCC12. The van der Waals surface area contributed by atoms with Gasteiger partial charge in [0.25, 0.3) is 0 Å². The predicted molar refractivity (Wildman–Crippen MR) is 72.5 cm³/mol. The molecule has 1 aliphatic heterocycles. The fraction of sp³-hybridized carbons (Fsp3) is 0.667. The van der Waals surface area contributed by atoms with E-state index in [1.54, 1.807) is 0 Å². The second-order valence-corrected chi connectivity index (χ2v) is 5.60. The van der Waals surface area contributed by atoms with Gasteiger partial charge in [-0.05, 0) is 17.9 Å². The Bertz CT molecular complexity index is 424. The molecule has 0 radical (unpaired) electrons. The molecule has 1 aliphatic carbocycles. The summed E-state index contributed by atoms with van der Waals surface area (Å²) in [6, 6.07) is 0. The minimum Gasteiger partial charge on any atom is -0.471 e. The number of methoxy groups -OCH3 is 1. The summed E-state index contributed by atoms with van der Waals surface area (Å²) in [7, 11) is 1.36. The van der Waals surface area contributed by atoms with E-state index in [1.165, 1.54) is 13.4 Å². The molecule has 0 aromatic carbocycles. The van der Waals surface area contributed by atoms with Crippen LogP contribution in [0.2, 0.25) is 0 Å². The van der Waals surface area contributed by atoms with E-state index >= 15 is 0 Å². The maximum Gasteiger partial charge on any atom is 0.337 e. The Morgan fingerprint density at radius 2 is 2.30 bits per heavy atom. The van der Waals surface area contributed by atoms with Crippen molar-refractivity contribution in [3.63, 3.8) is 0 Å². The van der Waals surface area contributed by atoms with Crippen LogP contribution in [0, 0.1) is 17.8 Å². The van der Waals surface area contributed by atoms with Crippen LogP contribution in [0.4, 0.5) is 0 Å². The zero-order valence-corrected chi connectivity index (χ0v) is 12.2. The van der Waals surface area contributed by atoms with Crippen molar-refractivity contribution in [2.75, 3.05) is 20.3 Å². The van der Waals surface area contributed by atoms with E-state index in [0.29, 0.717) is 24.5 Å². The molecule has 0 amide bonds. The molecule has 2 aliphatic rings. The molecule has 3 atom stereocenters. The first-order valence-electron chi connectivity index (χ1n) is 6.93. The first-order valence-corrected chi connectivity index (χ1v) is 6.93. The molecule has 0 saturated carbocycles. The van der Waals surface area contributed by atoms with Crippen LogP contribution in [0.3, 0.4) is 0 Å². The summed E-state index contributed by atoms with van der Waals surface area (Å²) >= 11 is 0. The minimum atomic E-state index is -0.447. The predicted octanol–water partition coefficient (Wildman–Crippen LogP) is 1.63. The van der Waals surface area contributed by atoms with Crippen LogP contribution in [0.25, 0.3) is 0 Å². The van der Waals surface area contributed by atoms with Crippen LogP contribution in [-0.4, -0.2) is 37.7 Å². The van der Waals surface area contributed by atoms with Gasteiger partial charge < -0.3 is 19.3 Å². The monoisotopic (exact) mass is 282 g/mol. The number of esters is 1. The van der Waals surface area contributed by atoms with Crippen molar-refractivity contribution < 1.29 is 24.1 Å². The van der Waals surface area contributed by atoms with E-state index in [0.717, 1.165) is 5.57 Å². The molecule has 0 aromatic heterocycles. The number of allylic oxidation sites excluding steroid dienone is 1. The van der Waals surface area contributed by atoms with Crippen LogP contribution in [0.15, 0.2) is 23.5 Å². The maximum absolute atomic E-state index is 11.8. The number of carbonyl (C=O) groups excluding carboxylic acids is 1. The van der Waals surface area contributed by atoms with Gasteiger partial charge in [0.05, 0.1) is 38.1 Å². The quantitative estimate of drug-likeness (QED) is 0.613. The van der Waals surface area contributed by atoms with E-state index < -0.39 is 6.29 Å². The van der Waals surface area contributed by atoms with E-state index in [1.807, 2.05) is 6.08 Å². The molecule has 0 aromatic rings. The molecule has 1 N–H and O–H groups in total. The molecule has 2 unspecified atom stereocenters. The van der Waals surface area contributed by atoms with E-state index in [-0.39, 0.29) is 24.4 Å². The Morgan fingerprint density at radius 1 is 1.55 bits per heavy atom. The molecule has 0 spiro atoms. The van der Waals surface area contributed by atoms with Gasteiger partial charge in [-0.2, -0.15) is 0 Å². The lowest BCUT2D eigenvalue weighted by Gasteiger charge is -2.34. The Kier molecular flexibility index (Phi) is 4.83. The molecule has 20 heavy (non-hydrogen) atoms. The standard InChI is InChI=1S/C15H22O5/c1-9(2)7-19-15-13-10(6-16)4-5-11(13)12(8-20-15)14(17)18-3/h4,8-9,11,13,15-16H,5-7H2,1-3H3/t11?,13?,15-/m1/s1. The highest BCUT2D eigenvalue weighted by molar-refractivity contribution is 5.89.